The Bertz CT molecular complexity index is 733. The number of hydrogen-bond acceptors (Lipinski definition) is 5. The number of anilines is 1. The summed E-state index contributed by atoms with van der Waals surface area (Å²) in [7, 11) is 0. The zero-order valence-corrected chi connectivity index (χ0v) is 14.4. The van der Waals surface area contributed by atoms with E-state index in [1.807, 2.05) is 34.5 Å². The number of amides is 2. The Morgan fingerprint density at radius 1 is 1.12 bits per heavy atom. The van der Waals surface area contributed by atoms with E-state index in [0.29, 0.717) is 32.6 Å². The zero-order valence-electron chi connectivity index (χ0n) is 13.6. The molecule has 0 atom stereocenters. The molecule has 2 aromatic rings. The molecule has 0 spiro atoms. The van der Waals surface area contributed by atoms with Gasteiger partial charge in [-0.05, 0) is 24.3 Å². The maximum Gasteiger partial charge on any atom is 0.228 e. The first-order valence-corrected chi connectivity index (χ1v) is 8.74. The van der Waals surface area contributed by atoms with Crippen LogP contribution >= 0.6 is 11.3 Å². The number of hydrogen-bond donors (Lipinski definition) is 1. The summed E-state index contributed by atoms with van der Waals surface area (Å²) in [5.74, 6) is 0.127. The minimum atomic E-state index is 0.0624. The fraction of sp³-hybridized carbons (Fsp3) is 0.353. The van der Waals surface area contributed by atoms with Crippen LogP contribution in [0.4, 0.5) is 5.69 Å². The van der Waals surface area contributed by atoms with Crippen molar-refractivity contribution in [3.8, 4) is 10.6 Å². The predicted molar refractivity (Wildman–Crippen MR) is 94.5 cm³/mol. The molecule has 1 aliphatic heterocycles. The van der Waals surface area contributed by atoms with Gasteiger partial charge in [0.25, 0.3) is 0 Å². The van der Waals surface area contributed by atoms with E-state index in [-0.39, 0.29) is 11.8 Å². The lowest BCUT2D eigenvalue weighted by molar-refractivity contribution is -0.138. The average Bonchev–Trinajstić information content (AvgIpc) is 3.04. The quantitative estimate of drug-likeness (QED) is 0.858. The Kier molecular flexibility index (Phi) is 4.80. The van der Waals surface area contributed by atoms with Crippen LogP contribution < -0.4 is 5.73 Å². The molecule has 1 saturated heterocycles. The third-order valence-electron chi connectivity index (χ3n) is 4.12. The smallest absolute Gasteiger partial charge is 0.228 e. The molecule has 0 aliphatic carbocycles. The lowest BCUT2D eigenvalue weighted by Crippen LogP contribution is -2.50. The molecule has 1 fully saturated rings. The van der Waals surface area contributed by atoms with E-state index in [0.717, 1.165) is 22.0 Å². The zero-order chi connectivity index (χ0) is 17.1. The monoisotopic (exact) mass is 344 g/mol. The lowest BCUT2D eigenvalue weighted by atomic mass is 10.2. The Balaban J connectivity index is 1.59. The second-order valence-electron chi connectivity index (χ2n) is 5.83. The number of nitrogen functional groups attached to an aromatic ring is 1. The molecule has 1 aromatic carbocycles. The van der Waals surface area contributed by atoms with E-state index in [9.17, 15) is 9.59 Å². The Morgan fingerprint density at radius 2 is 1.75 bits per heavy atom. The first-order valence-electron chi connectivity index (χ1n) is 7.86. The average molecular weight is 344 g/mol. The molecule has 0 saturated carbocycles. The molecule has 2 N–H and O–H groups in total. The number of thiazole rings is 1. The van der Waals surface area contributed by atoms with Gasteiger partial charge in [0.05, 0.1) is 12.1 Å². The number of carbonyl (C=O) groups is 2. The van der Waals surface area contributed by atoms with Crippen molar-refractivity contribution in [2.24, 2.45) is 0 Å². The molecule has 0 radical (unpaired) electrons. The van der Waals surface area contributed by atoms with Gasteiger partial charge >= 0.3 is 0 Å². The second kappa shape index (κ2) is 7.00. The van der Waals surface area contributed by atoms with E-state index in [2.05, 4.69) is 4.98 Å². The van der Waals surface area contributed by atoms with Crippen molar-refractivity contribution in [2.75, 3.05) is 31.9 Å². The van der Waals surface area contributed by atoms with Gasteiger partial charge in [0.15, 0.2) is 0 Å². The van der Waals surface area contributed by atoms with Gasteiger partial charge in [-0.15, -0.1) is 11.3 Å². The molecule has 0 unspecified atom stereocenters. The van der Waals surface area contributed by atoms with E-state index >= 15 is 0 Å². The normalized spacial score (nSPS) is 14.7. The molecule has 6 nitrogen and oxygen atoms in total. The number of piperazine rings is 1. The van der Waals surface area contributed by atoms with Gasteiger partial charge in [0.1, 0.15) is 5.01 Å². The minimum Gasteiger partial charge on any atom is -0.399 e. The number of carbonyl (C=O) groups excluding carboxylic acids is 2. The molecule has 2 amide bonds. The Labute approximate surface area is 144 Å². The molecule has 2 heterocycles. The third-order valence-corrected chi connectivity index (χ3v) is 5.06. The summed E-state index contributed by atoms with van der Waals surface area (Å²) in [4.78, 5) is 31.9. The van der Waals surface area contributed by atoms with Gasteiger partial charge in [-0.1, -0.05) is 0 Å². The van der Waals surface area contributed by atoms with Gasteiger partial charge in [-0.3, -0.25) is 9.59 Å². The maximum absolute atomic E-state index is 12.4. The van der Waals surface area contributed by atoms with Gasteiger partial charge < -0.3 is 15.5 Å². The Hall–Kier alpha value is -2.41. The number of nitrogens with zero attached hydrogens (tertiary/aromatic N) is 3. The number of rotatable bonds is 3. The predicted octanol–water partition coefficient (Wildman–Crippen LogP) is 1.63. The lowest BCUT2D eigenvalue weighted by Gasteiger charge is -2.34. The maximum atomic E-state index is 12.4. The van der Waals surface area contributed by atoms with Crippen LogP contribution in [0.2, 0.25) is 0 Å². The third kappa shape index (κ3) is 3.73. The summed E-state index contributed by atoms with van der Waals surface area (Å²) in [6.45, 7) is 3.95. The van der Waals surface area contributed by atoms with Crippen molar-refractivity contribution in [1.82, 2.24) is 14.8 Å². The van der Waals surface area contributed by atoms with Crippen molar-refractivity contribution in [3.05, 3.63) is 35.3 Å². The highest BCUT2D eigenvalue weighted by molar-refractivity contribution is 7.13. The molecular weight excluding hydrogens is 324 g/mol. The molecule has 0 bridgehead atoms. The van der Waals surface area contributed by atoms with Crippen molar-refractivity contribution < 1.29 is 9.59 Å². The van der Waals surface area contributed by atoms with Gasteiger partial charge in [0.2, 0.25) is 11.8 Å². The summed E-state index contributed by atoms with van der Waals surface area (Å²) in [6.07, 6.45) is 0.297. The molecule has 3 rings (SSSR count). The van der Waals surface area contributed by atoms with Crippen LogP contribution in [0.15, 0.2) is 29.6 Å². The fourth-order valence-corrected chi connectivity index (χ4v) is 3.51. The van der Waals surface area contributed by atoms with Crippen LogP contribution in [-0.2, 0) is 16.0 Å². The number of benzene rings is 1. The number of aromatic nitrogens is 1. The molecule has 7 heteroatoms. The molecule has 1 aliphatic rings. The fourth-order valence-electron chi connectivity index (χ4n) is 2.68. The van der Waals surface area contributed by atoms with Gasteiger partial charge in [-0.2, -0.15) is 0 Å². The summed E-state index contributed by atoms with van der Waals surface area (Å²) in [6, 6.07) is 7.55. The van der Waals surface area contributed by atoms with Crippen molar-refractivity contribution in [3.63, 3.8) is 0 Å². The standard InChI is InChI=1S/C17H20N4O2S/c1-12(22)20-6-8-21(9-7-20)16(23)10-15-11-24-17(19-15)13-2-4-14(18)5-3-13/h2-5,11H,6-10,18H2,1H3. The van der Waals surface area contributed by atoms with Gasteiger partial charge in [0, 0.05) is 49.7 Å². The van der Waals surface area contributed by atoms with E-state index in [4.69, 9.17) is 5.73 Å². The van der Waals surface area contributed by atoms with Crippen molar-refractivity contribution in [1.29, 1.82) is 0 Å². The van der Waals surface area contributed by atoms with E-state index < -0.39 is 0 Å². The molecule has 126 valence electrons. The van der Waals surface area contributed by atoms with Crippen molar-refractivity contribution >= 4 is 28.8 Å². The molecule has 1 aromatic heterocycles. The van der Waals surface area contributed by atoms with Crippen LogP contribution in [0.3, 0.4) is 0 Å². The minimum absolute atomic E-state index is 0.0624. The summed E-state index contributed by atoms with van der Waals surface area (Å²) >= 11 is 1.53. The summed E-state index contributed by atoms with van der Waals surface area (Å²) in [5.41, 5.74) is 8.20. The molecular formula is C17H20N4O2S. The van der Waals surface area contributed by atoms with Crippen molar-refractivity contribution in [2.45, 2.75) is 13.3 Å². The largest absolute Gasteiger partial charge is 0.399 e. The highest BCUT2D eigenvalue weighted by Gasteiger charge is 2.22. The topological polar surface area (TPSA) is 79.5 Å². The first-order chi connectivity index (χ1) is 11.5. The van der Waals surface area contributed by atoms with E-state index in [1.54, 1.807) is 11.8 Å². The van der Waals surface area contributed by atoms with Crippen LogP contribution in [0.1, 0.15) is 12.6 Å². The van der Waals surface area contributed by atoms with E-state index in [1.165, 1.54) is 11.3 Å². The highest BCUT2D eigenvalue weighted by atomic mass is 32.1. The van der Waals surface area contributed by atoms with Gasteiger partial charge in [-0.25, -0.2) is 4.98 Å². The SMILES string of the molecule is CC(=O)N1CCN(C(=O)Cc2csc(-c3ccc(N)cc3)n2)CC1. The molecule has 24 heavy (non-hydrogen) atoms. The summed E-state index contributed by atoms with van der Waals surface area (Å²) in [5, 5.41) is 2.81. The highest BCUT2D eigenvalue weighted by Crippen LogP contribution is 2.25. The van der Waals surface area contributed by atoms with Crippen LogP contribution in [0, 0.1) is 0 Å². The van der Waals surface area contributed by atoms with Crippen LogP contribution in [0.25, 0.3) is 10.6 Å². The second-order valence-corrected chi connectivity index (χ2v) is 6.69. The number of nitrogens with two attached hydrogens (primary N) is 1. The summed E-state index contributed by atoms with van der Waals surface area (Å²) < 4.78 is 0. The first kappa shape index (κ1) is 16.4. The van der Waals surface area contributed by atoms with Crippen LogP contribution in [-0.4, -0.2) is 52.8 Å². The van der Waals surface area contributed by atoms with Crippen LogP contribution in [0.5, 0.6) is 0 Å². The Morgan fingerprint density at radius 3 is 2.38 bits per heavy atom.